The Morgan fingerprint density at radius 2 is 1.86 bits per heavy atom. The molecule has 0 aliphatic rings. The smallest absolute Gasteiger partial charge is 0.248 e. The fraction of sp³-hybridized carbons (Fsp3) is 0.136. The fourth-order valence-electron chi connectivity index (χ4n) is 2.66. The second kappa shape index (κ2) is 8.92. The van der Waals surface area contributed by atoms with Crippen LogP contribution in [0.15, 0.2) is 65.1 Å². The standard InChI is InChI=1S/C22H21NO5/c1-26-17-7-3-15(4-8-17)5-12-22(25)23-16-6-10-20(27-2)19(13-16)21-11-9-18(14-24)28-21/h3-13,24H,14H2,1-2H3,(H,23,25)/b12-5+. The van der Waals surface area contributed by atoms with Crippen LogP contribution in [0.1, 0.15) is 11.3 Å². The van der Waals surface area contributed by atoms with Crippen molar-refractivity contribution >= 4 is 17.7 Å². The van der Waals surface area contributed by atoms with Gasteiger partial charge in [-0.15, -0.1) is 0 Å². The minimum Gasteiger partial charge on any atom is -0.497 e. The van der Waals surface area contributed by atoms with E-state index in [1.165, 1.54) is 6.08 Å². The number of aliphatic hydroxyl groups excluding tert-OH is 1. The van der Waals surface area contributed by atoms with Gasteiger partial charge in [-0.1, -0.05) is 12.1 Å². The summed E-state index contributed by atoms with van der Waals surface area (Å²) in [4.78, 5) is 12.3. The Morgan fingerprint density at radius 3 is 2.50 bits per heavy atom. The van der Waals surface area contributed by atoms with Crippen molar-refractivity contribution < 1.29 is 23.8 Å². The van der Waals surface area contributed by atoms with Crippen LogP contribution in [0.3, 0.4) is 0 Å². The zero-order chi connectivity index (χ0) is 19.9. The van der Waals surface area contributed by atoms with Crippen LogP contribution in [0.25, 0.3) is 17.4 Å². The number of anilines is 1. The third-order valence-corrected chi connectivity index (χ3v) is 4.09. The van der Waals surface area contributed by atoms with Crippen LogP contribution in [0.2, 0.25) is 0 Å². The first kappa shape index (κ1) is 19.3. The Hall–Kier alpha value is -3.51. The van der Waals surface area contributed by atoms with Gasteiger partial charge in [0.1, 0.15) is 29.6 Å². The molecule has 6 heteroatoms. The van der Waals surface area contributed by atoms with Gasteiger partial charge < -0.3 is 24.3 Å². The van der Waals surface area contributed by atoms with E-state index in [-0.39, 0.29) is 12.5 Å². The molecular weight excluding hydrogens is 358 g/mol. The highest BCUT2D eigenvalue weighted by Gasteiger charge is 2.12. The summed E-state index contributed by atoms with van der Waals surface area (Å²) in [7, 11) is 3.17. The molecule has 3 aromatic rings. The second-order valence-corrected chi connectivity index (χ2v) is 5.93. The highest BCUT2D eigenvalue weighted by Crippen LogP contribution is 2.33. The maximum absolute atomic E-state index is 12.3. The van der Waals surface area contributed by atoms with Crippen LogP contribution in [-0.4, -0.2) is 25.2 Å². The van der Waals surface area contributed by atoms with Crippen molar-refractivity contribution in [3.05, 3.63) is 72.0 Å². The number of benzene rings is 2. The van der Waals surface area contributed by atoms with Crippen LogP contribution >= 0.6 is 0 Å². The van der Waals surface area contributed by atoms with Crippen molar-refractivity contribution in [2.24, 2.45) is 0 Å². The van der Waals surface area contributed by atoms with E-state index in [0.717, 1.165) is 11.3 Å². The largest absolute Gasteiger partial charge is 0.497 e. The molecular formula is C22H21NO5. The van der Waals surface area contributed by atoms with Crippen molar-refractivity contribution in [2.75, 3.05) is 19.5 Å². The molecule has 0 fully saturated rings. The highest BCUT2D eigenvalue weighted by molar-refractivity contribution is 6.02. The third-order valence-electron chi connectivity index (χ3n) is 4.09. The molecule has 6 nitrogen and oxygen atoms in total. The van der Waals surface area contributed by atoms with E-state index in [0.29, 0.717) is 28.5 Å². The summed E-state index contributed by atoms with van der Waals surface area (Å²) in [5, 5.41) is 12.0. The molecule has 0 unspecified atom stereocenters. The molecule has 144 valence electrons. The molecule has 1 heterocycles. The zero-order valence-corrected chi connectivity index (χ0v) is 15.6. The van der Waals surface area contributed by atoms with E-state index in [1.54, 1.807) is 50.6 Å². The third kappa shape index (κ3) is 4.61. The lowest BCUT2D eigenvalue weighted by molar-refractivity contribution is -0.111. The van der Waals surface area contributed by atoms with Gasteiger partial charge in [0, 0.05) is 11.8 Å². The van der Waals surface area contributed by atoms with Crippen molar-refractivity contribution in [3.63, 3.8) is 0 Å². The molecule has 0 bridgehead atoms. The predicted molar refractivity (Wildman–Crippen MR) is 107 cm³/mol. The lowest BCUT2D eigenvalue weighted by Crippen LogP contribution is -2.07. The fourth-order valence-corrected chi connectivity index (χ4v) is 2.66. The van der Waals surface area contributed by atoms with Gasteiger partial charge in [-0.05, 0) is 54.1 Å². The van der Waals surface area contributed by atoms with E-state index < -0.39 is 0 Å². The number of nitrogens with one attached hydrogen (secondary N) is 1. The molecule has 0 aliphatic heterocycles. The van der Waals surface area contributed by atoms with Gasteiger partial charge in [-0.3, -0.25) is 4.79 Å². The summed E-state index contributed by atoms with van der Waals surface area (Å²) in [5.41, 5.74) is 2.17. The van der Waals surface area contributed by atoms with Gasteiger partial charge in [-0.25, -0.2) is 0 Å². The zero-order valence-electron chi connectivity index (χ0n) is 15.6. The Labute approximate surface area is 163 Å². The van der Waals surface area contributed by atoms with Crippen LogP contribution in [0, 0.1) is 0 Å². The molecule has 2 N–H and O–H groups in total. The lowest BCUT2D eigenvalue weighted by atomic mass is 10.1. The molecule has 3 rings (SSSR count). The molecule has 2 aromatic carbocycles. The molecule has 0 saturated carbocycles. The summed E-state index contributed by atoms with van der Waals surface area (Å²) in [5.74, 6) is 2.10. The Bertz CT molecular complexity index is 973. The molecule has 0 saturated heterocycles. The SMILES string of the molecule is COc1ccc(/C=C/C(=O)Nc2ccc(OC)c(-c3ccc(CO)o3)c2)cc1. The number of furan rings is 1. The number of aliphatic hydroxyl groups is 1. The van der Waals surface area contributed by atoms with Gasteiger partial charge in [0.2, 0.25) is 5.91 Å². The highest BCUT2D eigenvalue weighted by atomic mass is 16.5. The predicted octanol–water partition coefficient (Wildman–Crippen LogP) is 4.11. The average Bonchev–Trinajstić information content (AvgIpc) is 3.22. The first-order valence-corrected chi connectivity index (χ1v) is 8.64. The molecule has 1 amide bonds. The van der Waals surface area contributed by atoms with Gasteiger partial charge >= 0.3 is 0 Å². The summed E-state index contributed by atoms with van der Waals surface area (Å²) in [6.07, 6.45) is 3.18. The van der Waals surface area contributed by atoms with Crippen LogP contribution in [-0.2, 0) is 11.4 Å². The average molecular weight is 379 g/mol. The monoisotopic (exact) mass is 379 g/mol. The quantitative estimate of drug-likeness (QED) is 0.604. The van der Waals surface area contributed by atoms with Crippen molar-refractivity contribution in [1.82, 2.24) is 0 Å². The summed E-state index contributed by atoms with van der Waals surface area (Å²) in [6.45, 7) is -0.186. The van der Waals surface area contributed by atoms with Crippen LogP contribution < -0.4 is 14.8 Å². The van der Waals surface area contributed by atoms with Crippen molar-refractivity contribution in [2.45, 2.75) is 6.61 Å². The van der Waals surface area contributed by atoms with Gasteiger partial charge in [-0.2, -0.15) is 0 Å². The molecule has 28 heavy (non-hydrogen) atoms. The number of rotatable bonds is 7. The van der Waals surface area contributed by atoms with E-state index in [9.17, 15) is 9.90 Å². The minimum atomic E-state index is -0.262. The first-order valence-electron chi connectivity index (χ1n) is 8.64. The normalized spacial score (nSPS) is 10.8. The number of carbonyl (C=O) groups excluding carboxylic acids is 1. The topological polar surface area (TPSA) is 80.9 Å². The lowest BCUT2D eigenvalue weighted by Gasteiger charge is -2.09. The summed E-state index contributed by atoms with van der Waals surface area (Å²) >= 11 is 0. The number of ether oxygens (including phenoxy) is 2. The van der Waals surface area contributed by atoms with E-state index in [1.807, 2.05) is 24.3 Å². The number of methoxy groups -OCH3 is 2. The van der Waals surface area contributed by atoms with Crippen LogP contribution in [0.5, 0.6) is 11.5 Å². The first-order chi connectivity index (χ1) is 13.6. The molecule has 0 radical (unpaired) electrons. The van der Waals surface area contributed by atoms with Gasteiger partial charge in [0.05, 0.1) is 19.8 Å². The molecule has 0 atom stereocenters. The molecule has 0 aliphatic carbocycles. The maximum atomic E-state index is 12.3. The van der Waals surface area contributed by atoms with E-state index in [2.05, 4.69) is 5.32 Å². The number of hydrogen-bond acceptors (Lipinski definition) is 5. The Morgan fingerprint density at radius 1 is 1.07 bits per heavy atom. The summed E-state index contributed by atoms with van der Waals surface area (Å²) in [6, 6.07) is 16.1. The summed E-state index contributed by atoms with van der Waals surface area (Å²) < 4.78 is 16.1. The minimum absolute atomic E-state index is 0.186. The number of carbonyl (C=O) groups is 1. The van der Waals surface area contributed by atoms with E-state index in [4.69, 9.17) is 13.9 Å². The van der Waals surface area contributed by atoms with Crippen molar-refractivity contribution in [3.8, 4) is 22.8 Å². The Balaban J connectivity index is 1.75. The van der Waals surface area contributed by atoms with Crippen molar-refractivity contribution in [1.29, 1.82) is 0 Å². The van der Waals surface area contributed by atoms with Gasteiger partial charge in [0.15, 0.2) is 0 Å². The molecule has 1 aromatic heterocycles. The van der Waals surface area contributed by atoms with Crippen LogP contribution in [0.4, 0.5) is 5.69 Å². The number of hydrogen-bond donors (Lipinski definition) is 2. The van der Waals surface area contributed by atoms with Gasteiger partial charge in [0.25, 0.3) is 0 Å². The molecule has 0 spiro atoms. The number of amides is 1. The maximum Gasteiger partial charge on any atom is 0.248 e. The van der Waals surface area contributed by atoms with E-state index >= 15 is 0 Å². The second-order valence-electron chi connectivity index (χ2n) is 5.93. The Kier molecular flexibility index (Phi) is 6.14.